The maximum Gasteiger partial charge on any atom is 0.165 e. The van der Waals surface area contributed by atoms with Gasteiger partial charge in [0.25, 0.3) is 0 Å². The van der Waals surface area contributed by atoms with Gasteiger partial charge in [-0.1, -0.05) is 0 Å². The number of anilines is 1. The summed E-state index contributed by atoms with van der Waals surface area (Å²) in [7, 11) is 1.78. The first kappa shape index (κ1) is 10.5. The van der Waals surface area contributed by atoms with E-state index in [2.05, 4.69) is 5.10 Å². The molecule has 1 heterocycles. The number of hydrogen-bond donors (Lipinski definition) is 1. The molecule has 1 aromatic heterocycles. The molecule has 4 nitrogen and oxygen atoms in total. The van der Waals surface area contributed by atoms with E-state index in [-0.39, 0.29) is 11.5 Å². The maximum absolute atomic E-state index is 13.2. The van der Waals surface area contributed by atoms with E-state index in [1.165, 1.54) is 6.07 Å². The van der Waals surface area contributed by atoms with Crippen LogP contribution in [0.1, 0.15) is 5.56 Å². The topological polar surface area (TPSA) is 53.1 Å². The van der Waals surface area contributed by atoms with E-state index in [1.54, 1.807) is 37.1 Å². The maximum atomic E-state index is 13.2. The summed E-state index contributed by atoms with van der Waals surface area (Å²) >= 11 is 0. The van der Waals surface area contributed by atoms with Crippen molar-refractivity contribution < 1.29 is 9.13 Å². The molecule has 0 bridgehead atoms. The highest BCUT2D eigenvalue weighted by Crippen LogP contribution is 2.29. The summed E-state index contributed by atoms with van der Waals surface area (Å²) in [5, 5.41) is 3.96. The van der Waals surface area contributed by atoms with Crippen LogP contribution in [0, 0.1) is 12.7 Å². The molecule has 0 amide bonds. The zero-order valence-corrected chi connectivity index (χ0v) is 9.07. The van der Waals surface area contributed by atoms with Gasteiger partial charge < -0.3 is 10.5 Å². The summed E-state index contributed by atoms with van der Waals surface area (Å²) in [6.45, 7) is 1.66. The molecule has 0 aliphatic carbocycles. The molecule has 0 aliphatic heterocycles. The Labute approximate surface area is 92.4 Å². The predicted octanol–water partition coefficient (Wildman–Crippen LogP) is 2.24. The smallest absolute Gasteiger partial charge is 0.165 e. The summed E-state index contributed by atoms with van der Waals surface area (Å²) in [6.07, 6.45) is 3.27. The first-order valence-electron chi connectivity index (χ1n) is 4.78. The second-order valence-electron chi connectivity index (χ2n) is 3.59. The van der Waals surface area contributed by atoms with Crippen LogP contribution in [0.5, 0.6) is 11.5 Å². The molecule has 0 aliphatic rings. The van der Waals surface area contributed by atoms with Gasteiger partial charge in [0.15, 0.2) is 11.5 Å². The van der Waals surface area contributed by atoms with Crippen LogP contribution in [0.4, 0.5) is 10.1 Å². The normalized spacial score (nSPS) is 10.4. The Bertz CT molecular complexity index is 522. The molecule has 2 rings (SSSR count). The molecule has 0 unspecified atom stereocenters. The Morgan fingerprint density at radius 3 is 2.81 bits per heavy atom. The van der Waals surface area contributed by atoms with Crippen LogP contribution in [0.2, 0.25) is 0 Å². The molecule has 2 N–H and O–H groups in total. The van der Waals surface area contributed by atoms with Gasteiger partial charge in [0.2, 0.25) is 0 Å². The van der Waals surface area contributed by atoms with E-state index in [0.717, 1.165) is 0 Å². The number of rotatable bonds is 2. The molecule has 84 valence electrons. The standard InChI is InChI=1S/C11H12FN3O/c1-7-3-11(10(13)4-9(7)12)16-8-5-14-15(2)6-8/h3-6H,13H2,1-2H3. The minimum Gasteiger partial charge on any atom is -0.452 e. The van der Waals surface area contributed by atoms with Crippen molar-refractivity contribution >= 4 is 5.69 Å². The molecule has 0 fully saturated rings. The molecule has 16 heavy (non-hydrogen) atoms. The second-order valence-corrected chi connectivity index (χ2v) is 3.59. The number of aromatic nitrogens is 2. The molecule has 0 radical (unpaired) electrons. The number of halogens is 1. The summed E-state index contributed by atoms with van der Waals surface area (Å²) < 4.78 is 20.3. The molecule has 2 aromatic rings. The van der Waals surface area contributed by atoms with Crippen molar-refractivity contribution in [2.45, 2.75) is 6.92 Å². The molecular weight excluding hydrogens is 209 g/mol. The van der Waals surface area contributed by atoms with Gasteiger partial charge in [0.05, 0.1) is 18.1 Å². The Hall–Kier alpha value is -2.04. The van der Waals surface area contributed by atoms with Crippen LogP contribution in [-0.2, 0) is 7.05 Å². The van der Waals surface area contributed by atoms with Gasteiger partial charge in [0, 0.05) is 13.1 Å². The number of aryl methyl sites for hydroxylation is 2. The number of hydrogen-bond acceptors (Lipinski definition) is 3. The Kier molecular flexibility index (Phi) is 2.52. The van der Waals surface area contributed by atoms with E-state index in [1.807, 2.05) is 0 Å². The lowest BCUT2D eigenvalue weighted by atomic mass is 10.2. The first-order chi connectivity index (χ1) is 7.56. The Morgan fingerprint density at radius 2 is 2.19 bits per heavy atom. The third-order valence-corrected chi connectivity index (χ3v) is 2.20. The van der Waals surface area contributed by atoms with Gasteiger partial charge in [-0.2, -0.15) is 5.10 Å². The fourth-order valence-corrected chi connectivity index (χ4v) is 1.34. The largest absolute Gasteiger partial charge is 0.452 e. The van der Waals surface area contributed by atoms with Crippen molar-refractivity contribution in [3.63, 3.8) is 0 Å². The van der Waals surface area contributed by atoms with Gasteiger partial charge in [-0.05, 0) is 18.6 Å². The number of nitrogens with two attached hydrogens (primary N) is 1. The molecule has 0 spiro atoms. The van der Waals surface area contributed by atoms with Gasteiger partial charge >= 0.3 is 0 Å². The SMILES string of the molecule is Cc1cc(Oc2cnn(C)c2)c(N)cc1F. The van der Waals surface area contributed by atoms with Crippen LogP contribution >= 0.6 is 0 Å². The quantitative estimate of drug-likeness (QED) is 0.791. The predicted molar refractivity (Wildman–Crippen MR) is 58.8 cm³/mol. The lowest BCUT2D eigenvalue weighted by molar-refractivity contribution is 0.481. The van der Waals surface area contributed by atoms with Crippen molar-refractivity contribution in [1.82, 2.24) is 9.78 Å². The van der Waals surface area contributed by atoms with Crippen molar-refractivity contribution in [2.75, 3.05) is 5.73 Å². The summed E-state index contributed by atoms with van der Waals surface area (Å²) in [4.78, 5) is 0. The number of ether oxygens (including phenoxy) is 1. The van der Waals surface area contributed by atoms with Gasteiger partial charge in [-0.15, -0.1) is 0 Å². The Balaban J connectivity index is 2.31. The number of nitrogens with zero attached hydrogens (tertiary/aromatic N) is 2. The highest BCUT2D eigenvalue weighted by Gasteiger charge is 2.07. The average molecular weight is 221 g/mol. The van der Waals surface area contributed by atoms with Crippen LogP contribution in [0.15, 0.2) is 24.5 Å². The highest BCUT2D eigenvalue weighted by atomic mass is 19.1. The van der Waals surface area contributed by atoms with Gasteiger partial charge in [-0.25, -0.2) is 4.39 Å². The highest BCUT2D eigenvalue weighted by molar-refractivity contribution is 5.55. The van der Waals surface area contributed by atoms with Crippen LogP contribution in [0.3, 0.4) is 0 Å². The fourth-order valence-electron chi connectivity index (χ4n) is 1.34. The molecule has 5 heteroatoms. The summed E-state index contributed by atoms with van der Waals surface area (Å²) in [5.41, 5.74) is 6.42. The van der Waals surface area contributed by atoms with E-state index in [4.69, 9.17) is 10.5 Å². The molecular formula is C11H12FN3O. The van der Waals surface area contributed by atoms with E-state index in [0.29, 0.717) is 17.1 Å². The third kappa shape index (κ3) is 1.98. The third-order valence-electron chi connectivity index (χ3n) is 2.20. The number of benzene rings is 1. The lowest BCUT2D eigenvalue weighted by Crippen LogP contribution is -1.94. The average Bonchev–Trinajstić information content (AvgIpc) is 2.60. The van der Waals surface area contributed by atoms with Crippen molar-refractivity contribution in [3.05, 3.63) is 35.9 Å². The summed E-state index contributed by atoms with van der Waals surface area (Å²) in [6, 6.07) is 2.82. The van der Waals surface area contributed by atoms with Gasteiger partial charge in [0.1, 0.15) is 5.82 Å². The lowest BCUT2D eigenvalue weighted by Gasteiger charge is -2.07. The molecule has 0 saturated heterocycles. The minimum absolute atomic E-state index is 0.270. The van der Waals surface area contributed by atoms with Crippen molar-refractivity contribution in [1.29, 1.82) is 0 Å². The van der Waals surface area contributed by atoms with E-state index < -0.39 is 0 Å². The van der Waals surface area contributed by atoms with Crippen LogP contribution in [-0.4, -0.2) is 9.78 Å². The minimum atomic E-state index is -0.337. The Morgan fingerprint density at radius 1 is 1.44 bits per heavy atom. The molecule has 1 aromatic carbocycles. The van der Waals surface area contributed by atoms with Crippen LogP contribution in [0.25, 0.3) is 0 Å². The molecule has 0 saturated carbocycles. The van der Waals surface area contributed by atoms with Crippen molar-refractivity contribution in [3.8, 4) is 11.5 Å². The first-order valence-corrected chi connectivity index (χ1v) is 4.78. The molecule has 0 atom stereocenters. The number of nitrogen functional groups attached to an aromatic ring is 1. The van der Waals surface area contributed by atoms with Gasteiger partial charge in [-0.3, -0.25) is 4.68 Å². The van der Waals surface area contributed by atoms with E-state index >= 15 is 0 Å². The summed E-state index contributed by atoms with van der Waals surface area (Å²) in [5.74, 6) is 0.670. The van der Waals surface area contributed by atoms with Crippen LogP contribution < -0.4 is 10.5 Å². The van der Waals surface area contributed by atoms with Crippen molar-refractivity contribution in [2.24, 2.45) is 7.05 Å². The monoisotopic (exact) mass is 221 g/mol. The zero-order valence-electron chi connectivity index (χ0n) is 9.07. The fraction of sp³-hybridized carbons (Fsp3) is 0.182. The zero-order chi connectivity index (χ0) is 11.7. The second kappa shape index (κ2) is 3.84. The van der Waals surface area contributed by atoms with E-state index in [9.17, 15) is 4.39 Å².